The Kier molecular flexibility index (Phi) is 3.87. The van der Waals surface area contributed by atoms with E-state index in [2.05, 4.69) is 31.0 Å². The van der Waals surface area contributed by atoms with Gasteiger partial charge in [-0.3, -0.25) is 9.89 Å². The van der Waals surface area contributed by atoms with E-state index in [4.69, 9.17) is 0 Å². The van der Waals surface area contributed by atoms with Gasteiger partial charge in [0.25, 0.3) is 0 Å². The number of hydrogen-bond acceptors (Lipinski definition) is 6. The Morgan fingerprint density at radius 3 is 2.92 bits per heavy atom. The number of anilines is 3. The van der Waals surface area contributed by atoms with Crippen molar-refractivity contribution in [3.8, 4) is 10.6 Å². The van der Waals surface area contributed by atoms with E-state index >= 15 is 0 Å². The van der Waals surface area contributed by atoms with Crippen LogP contribution in [0.25, 0.3) is 21.5 Å². The highest BCUT2D eigenvalue weighted by Gasteiger charge is 2.08. The number of H-pyrrole nitrogens is 1. The van der Waals surface area contributed by atoms with E-state index in [1.165, 1.54) is 18.3 Å². The Labute approximate surface area is 147 Å². The van der Waals surface area contributed by atoms with Crippen LogP contribution in [0.1, 0.15) is 6.92 Å². The molecule has 2 heterocycles. The van der Waals surface area contributed by atoms with Crippen LogP contribution in [0.2, 0.25) is 0 Å². The monoisotopic (exact) mass is 350 g/mol. The summed E-state index contributed by atoms with van der Waals surface area (Å²) in [7, 11) is 0. The molecule has 2 aromatic carbocycles. The van der Waals surface area contributed by atoms with Crippen LogP contribution in [0.15, 0.2) is 48.7 Å². The molecular formula is C17H14N6OS. The summed E-state index contributed by atoms with van der Waals surface area (Å²) in [5, 5.41) is 23.9. The maximum atomic E-state index is 11.2. The number of amides is 1. The summed E-state index contributed by atoms with van der Waals surface area (Å²) in [6.45, 7) is 1.48. The lowest BCUT2D eigenvalue weighted by Crippen LogP contribution is -2.05. The predicted molar refractivity (Wildman–Crippen MR) is 99.0 cm³/mol. The summed E-state index contributed by atoms with van der Waals surface area (Å²) < 4.78 is 0. The Hall–Kier alpha value is -3.26. The summed E-state index contributed by atoms with van der Waals surface area (Å²) in [6.07, 6.45) is 1.78. The van der Waals surface area contributed by atoms with Crippen LogP contribution in [0, 0.1) is 0 Å². The molecule has 3 N–H and O–H groups in total. The van der Waals surface area contributed by atoms with Gasteiger partial charge in [-0.15, -0.1) is 10.2 Å². The minimum absolute atomic E-state index is 0.105. The molecule has 0 spiro atoms. The molecule has 25 heavy (non-hydrogen) atoms. The summed E-state index contributed by atoms with van der Waals surface area (Å²) in [5.74, 6) is -0.105. The van der Waals surface area contributed by atoms with Gasteiger partial charge in [-0.1, -0.05) is 23.5 Å². The number of nitrogens with one attached hydrogen (secondary N) is 3. The van der Waals surface area contributed by atoms with Crippen molar-refractivity contribution in [1.82, 2.24) is 20.4 Å². The van der Waals surface area contributed by atoms with Crippen molar-refractivity contribution in [3.63, 3.8) is 0 Å². The molecule has 0 aliphatic heterocycles. The average molecular weight is 350 g/mol. The molecule has 0 bridgehead atoms. The van der Waals surface area contributed by atoms with Gasteiger partial charge in [-0.2, -0.15) is 5.10 Å². The zero-order valence-corrected chi connectivity index (χ0v) is 14.1. The quantitative estimate of drug-likeness (QED) is 0.520. The van der Waals surface area contributed by atoms with Crippen molar-refractivity contribution in [1.29, 1.82) is 0 Å². The zero-order valence-electron chi connectivity index (χ0n) is 13.3. The lowest BCUT2D eigenvalue weighted by atomic mass is 10.2. The third kappa shape index (κ3) is 3.33. The van der Waals surface area contributed by atoms with Crippen molar-refractivity contribution in [2.24, 2.45) is 0 Å². The molecule has 7 nitrogen and oxygen atoms in total. The normalized spacial score (nSPS) is 10.8. The van der Waals surface area contributed by atoms with Crippen LogP contribution in [-0.2, 0) is 4.79 Å². The van der Waals surface area contributed by atoms with E-state index in [1.807, 2.05) is 42.5 Å². The van der Waals surface area contributed by atoms with E-state index in [9.17, 15) is 4.79 Å². The molecule has 0 saturated carbocycles. The first-order valence-corrected chi connectivity index (χ1v) is 8.41. The fourth-order valence-electron chi connectivity index (χ4n) is 2.47. The minimum atomic E-state index is -0.105. The third-order valence-corrected chi connectivity index (χ3v) is 4.43. The number of aromatic nitrogens is 4. The van der Waals surface area contributed by atoms with Gasteiger partial charge in [0.2, 0.25) is 11.0 Å². The van der Waals surface area contributed by atoms with Crippen LogP contribution < -0.4 is 10.6 Å². The molecule has 1 amide bonds. The van der Waals surface area contributed by atoms with Gasteiger partial charge < -0.3 is 10.6 Å². The summed E-state index contributed by atoms with van der Waals surface area (Å²) in [5.41, 5.74) is 3.55. The van der Waals surface area contributed by atoms with Gasteiger partial charge in [0.1, 0.15) is 5.01 Å². The largest absolute Gasteiger partial charge is 0.330 e. The maximum Gasteiger partial charge on any atom is 0.221 e. The first-order chi connectivity index (χ1) is 12.2. The summed E-state index contributed by atoms with van der Waals surface area (Å²) in [6, 6.07) is 13.4. The third-order valence-electron chi connectivity index (χ3n) is 3.55. The highest BCUT2D eigenvalue weighted by Crippen LogP contribution is 2.30. The van der Waals surface area contributed by atoms with Crippen LogP contribution in [0.4, 0.5) is 16.5 Å². The Balaban J connectivity index is 1.56. The predicted octanol–water partition coefficient (Wildman–Crippen LogP) is 3.78. The SMILES string of the molecule is CC(=O)Nc1cccc(-c2nnc(Nc3ccc4[nH]ncc4c3)s2)c1. The van der Waals surface area contributed by atoms with Gasteiger partial charge in [-0.05, 0) is 30.3 Å². The highest BCUT2D eigenvalue weighted by molar-refractivity contribution is 7.18. The van der Waals surface area contributed by atoms with Crippen LogP contribution in [0.5, 0.6) is 0 Å². The number of carbonyl (C=O) groups is 1. The lowest BCUT2D eigenvalue weighted by Gasteiger charge is -2.03. The zero-order chi connectivity index (χ0) is 17.2. The Bertz CT molecular complexity index is 1050. The molecule has 4 aromatic rings. The van der Waals surface area contributed by atoms with Crippen LogP contribution in [0.3, 0.4) is 0 Å². The lowest BCUT2D eigenvalue weighted by molar-refractivity contribution is -0.114. The maximum absolute atomic E-state index is 11.2. The molecule has 124 valence electrons. The van der Waals surface area contributed by atoms with Gasteiger partial charge in [0.15, 0.2) is 0 Å². The molecule has 0 fully saturated rings. The molecule has 0 saturated heterocycles. The smallest absolute Gasteiger partial charge is 0.221 e. The molecule has 0 unspecified atom stereocenters. The Morgan fingerprint density at radius 1 is 1.12 bits per heavy atom. The fourth-order valence-corrected chi connectivity index (χ4v) is 3.23. The van der Waals surface area contributed by atoms with Crippen LogP contribution in [-0.4, -0.2) is 26.3 Å². The highest BCUT2D eigenvalue weighted by atomic mass is 32.1. The molecule has 8 heteroatoms. The number of hydrogen-bond donors (Lipinski definition) is 3. The number of aromatic amines is 1. The first-order valence-electron chi connectivity index (χ1n) is 7.59. The van der Waals surface area contributed by atoms with Crippen molar-refractivity contribution in [2.45, 2.75) is 6.92 Å². The van der Waals surface area contributed by atoms with Gasteiger partial charge in [0.05, 0.1) is 11.7 Å². The molecular weight excluding hydrogens is 336 g/mol. The van der Waals surface area contributed by atoms with E-state index in [0.717, 1.165) is 32.8 Å². The van der Waals surface area contributed by atoms with Crippen LogP contribution >= 0.6 is 11.3 Å². The molecule has 0 aliphatic carbocycles. The molecule has 0 atom stereocenters. The molecule has 4 rings (SSSR count). The van der Waals surface area contributed by atoms with Gasteiger partial charge in [-0.25, -0.2) is 0 Å². The van der Waals surface area contributed by atoms with Gasteiger partial charge in [0, 0.05) is 29.2 Å². The number of benzene rings is 2. The molecule has 2 aromatic heterocycles. The van der Waals surface area contributed by atoms with E-state index in [1.54, 1.807) is 6.20 Å². The number of rotatable bonds is 4. The summed E-state index contributed by atoms with van der Waals surface area (Å²) >= 11 is 1.45. The van der Waals surface area contributed by atoms with E-state index in [-0.39, 0.29) is 5.91 Å². The standard InChI is InChI=1S/C17H14N6OS/c1-10(24)19-13-4-2-3-11(7-13)16-22-23-17(25-16)20-14-5-6-15-12(8-14)9-18-21-15/h2-9H,1H3,(H,18,21)(H,19,24)(H,20,23). The fraction of sp³-hybridized carbons (Fsp3) is 0.0588. The molecule has 0 radical (unpaired) electrons. The number of nitrogens with zero attached hydrogens (tertiary/aromatic N) is 3. The second-order valence-electron chi connectivity index (χ2n) is 5.47. The number of carbonyl (C=O) groups excluding carboxylic acids is 1. The second-order valence-corrected chi connectivity index (χ2v) is 6.45. The van der Waals surface area contributed by atoms with E-state index in [0.29, 0.717) is 5.13 Å². The van der Waals surface area contributed by atoms with Crippen molar-refractivity contribution in [3.05, 3.63) is 48.7 Å². The number of fused-ring (bicyclic) bond motifs is 1. The topological polar surface area (TPSA) is 95.6 Å². The minimum Gasteiger partial charge on any atom is -0.330 e. The van der Waals surface area contributed by atoms with Crippen molar-refractivity contribution < 1.29 is 4.79 Å². The molecule has 0 aliphatic rings. The van der Waals surface area contributed by atoms with E-state index < -0.39 is 0 Å². The Morgan fingerprint density at radius 2 is 2.04 bits per heavy atom. The van der Waals surface area contributed by atoms with Crippen molar-refractivity contribution in [2.75, 3.05) is 10.6 Å². The summed E-state index contributed by atoms with van der Waals surface area (Å²) in [4.78, 5) is 11.2. The average Bonchev–Trinajstić information content (AvgIpc) is 3.23. The first kappa shape index (κ1) is 15.3. The van der Waals surface area contributed by atoms with Gasteiger partial charge >= 0.3 is 0 Å². The second kappa shape index (κ2) is 6.33. The van der Waals surface area contributed by atoms with Crippen molar-refractivity contribution >= 4 is 44.7 Å².